The molecule has 0 bridgehead atoms. The molecule has 0 N–H and O–H groups in total. The third-order valence-electron chi connectivity index (χ3n) is 6.81. The second-order valence-corrected chi connectivity index (χ2v) is 9.52. The second kappa shape index (κ2) is 7.33. The number of hydrogen-bond acceptors (Lipinski definition) is 5. The standard InChI is InChI=1S/C24H23BrN2O5/c1-4-31-21(28)19-17-12-32-18-10-7-14(25)11-16(18)20(17)27-23(30)26(22(29)24(19,27)3)15-8-5-13(2)6-9-15/h5-11,17,19-20H,4,12H2,1-3H3/t17?,19?,20?,24-/m1/s1. The molecule has 166 valence electrons. The predicted molar refractivity (Wildman–Crippen MR) is 120 cm³/mol. The highest BCUT2D eigenvalue weighted by Crippen LogP contribution is 2.58. The molecule has 0 saturated carbocycles. The SMILES string of the molecule is CCOC(=O)C1C2COc3ccc(Br)cc3C2N2C(=O)N(c3ccc(C)cc3)C(=O)[C@@]12C. The number of carbonyl (C=O) groups excluding carboxylic acids is 3. The van der Waals surface area contributed by atoms with Crippen LogP contribution < -0.4 is 9.64 Å². The van der Waals surface area contributed by atoms with E-state index >= 15 is 0 Å². The van der Waals surface area contributed by atoms with E-state index in [1.807, 2.05) is 37.3 Å². The Balaban J connectivity index is 1.69. The Labute approximate surface area is 194 Å². The van der Waals surface area contributed by atoms with Crippen LogP contribution in [0.1, 0.15) is 31.0 Å². The van der Waals surface area contributed by atoms with Gasteiger partial charge in [0.2, 0.25) is 0 Å². The third kappa shape index (κ3) is 2.75. The molecule has 2 saturated heterocycles. The molecule has 32 heavy (non-hydrogen) atoms. The van der Waals surface area contributed by atoms with Crippen molar-refractivity contribution in [2.75, 3.05) is 18.1 Å². The predicted octanol–water partition coefficient (Wildman–Crippen LogP) is 4.23. The van der Waals surface area contributed by atoms with Gasteiger partial charge in [-0.15, -0.1) is 0 Å². The van der Waals surface area contributed by atoms with Gasteiger partial charge < -0.3 is 14.4 Å². The fourth-order valence-corrected chi connectivity index (χ4v) is 5.77. The van der Waals surface area contributed by atoms with Crippen LogP contribution in [0.3, 0.4) is 0 Å². The molecule has 3 aliphatic heterocycles. The Kier molecular flexibility index (Phi) is 4.81. The van der Waals surface area contributed by atoms with Crippen molar-refractivity contribution in [1.29, 1.82) is 0 Å². The lowest BCUT2D eigenvalue weighted by atomic mass is 9.77. The number of fused-ring (bicyclic) bond motifs is 5. The Morgan fingerprint density at radius 2 is 1.94 bits per heavy atom. The molecule has 2 fully saturated rings. The molecule has 0 spiro atoms. The summed E-state index contributed by atoms with van der Waals surface area (Å²) in [6.45, 7) is 5.76. The highest BCUT2D eigenvalue weighted by atomic mass is 79.9. The summed E-state index contributed by atoms with van der Waals surface area (Å²) in [6, 6.07) is 11.9. The first kappa shape index (κ1) is 21.0. The van der Waals surface area contributed by atoms with Crippen molar-refractivity contribution in [3.63, 3.8) is 0 Å². The van der Waals surface area contributed by atoms with Gasteiger partial charge in [-0.25, -0.2) is 9.69 Å². The van der Waals surface area contributed by atoms with Crippen molar-refractivity contribution in [2.45, 2.75) is 32.4 Å². The van der Waals surface area contributed by atoms with Crippen LogP contribution in [-0.2, 0) is 14.3 Å². The number of amides is 3. The van der Waals surface area contributed by atoms with Crippen LogP contribution in [-0.4, -0.2) is 41.6 Å². The number of esters is 1. The Morgan fingerprint density at radius 1 is 1.22 bits per heavy atom. The number of rotatable bonds is 3. The second-order valence-electron chi connectivity index (χ2n) is 8.61. The van der Waals surface area contributed by atoms with Crippen molar-refractivity contribution < 1.29 is 23.9 Å². The summed E-state index contributed by atoms with van der Waals surface area (Å²) in [7, 11) is 0. The summed E-state index contributed by atoms with van der Waals surface area (Å²) in [6.07, 6.45) is 0. The van der Waals surface area contributed by atoms with E-state index in [-0.39, 0.29) is 13.2 Å². The van der Waals surface area contributed by atoms with Gasteiger partial charge in [0.15, 0.2) is 0 Å². The number of hydrogen-bond donors (Lipinski definition) is 0. The van der Waals surface area contributed by atoms with Crippen LogP contribution in [0.2, 0.25) is 0 Å². The van der Waals surface area contributed by atoms with Gasteiger partial charge in [-0.1, -0.05) is 33.6 Å². The monoisotopic (exact) mass is 498 g/mol. The summed E-state index contributed by atoms with van der Waals surface area (Å²) < 4.78 is 12.2. The molecule has 5 rings (SSSR count). The molecule has 3 aliphatic rings. The van der Waals surface area contributed by atoms with E-state index in [1.54, 1.807) is 30.9 Å². The maximum Gasteiger partial charge on any atom is 0.332 e. The number of ether oxygens (including phenoxy) is 2. The molecule has 3 heterocycles. The number of halogens is 1. The van der Waals surface area contributed by atoms with Crippen molar-refractivity contribution >= 4 is 39.5 Å². The molecular formula is C24H23BrN2O5. The fraction of sp³-hybridized carbons (Fsp3) is 0.375. The average molecular weight is 499 g/mol. The van der Waals surface area contributed by atoms with E-state index < -0.39 is 41.3 Å². The topological polar surface area (TPSA) is 76.2 Å². The van der Waals surface area contributed by atoms with Crippen LogP contribution in [0.15, 0.2) is 46.9 Å². The van der Waals surface area contributed by atoms with Gasteiger partial charge in [0.25, 0.3) is 5.91 Å². The molecule has 0 aliphatic carbocycles. The number of nitrogens with zero attached hydrogens (tertiary/aromatic N) is 2. The zero-order chi connectivity index (χ0) is 22.8. The minimum atomic E-state index is -1.38. The highest BCUT2D eigenvalue weighted by Gasteiger charge is 2.72. The number of imide groups is 1. The quantitative estimate of drug-likeness (QED) is 0.467. The van der Waals surface area contributed by atoms with Gasteiger partial charge in [0.1, 0.15) is 11.3 Å². The first-order valence-corrected chi connectivity index (χ1v) is 11.4. The van der Waals surface area contributed by atoms with Crippen LogP contribution in [0, 0.1) is 18.8 Å². The third-order valence-corrected chi connectivity index (χ3v) is 7.30. The Hall–Kier alpha value is -2.87. The highest BCUT2D eigenvalue weighted by molar-refractivity contribution is 9.10. The van der Waals surface area contributed by atoms with Crippen LogP contribution in [0.4, 0.5) is 10.5 Å². The lowest BCUT2D eigenvalue weighted by Gasteiger charge is -2.34. The zero-order valence-corrected chi connectivity index (χ0v) is 19.6. The molecule has 2 aromatic rings. The lowest BCUT2D eigenvalue weighted by Crippen LogP contribution is -2.51. The molecule has 3 unspecified atom stereocenters. The molecule has 2 aromatic carbocycles. The number of carbonyl (C=O) groups is 3. The van der Waals surface area contributed by atoms with Gasteiger partial charge in [0.05, 0.1) is 30.9 Å². The van der Waals surface area contributed by atoms with Gasteiger partial charge in [0, 0.05) is 16.0 Å². The lowest BCUT2D eigenvalue weighted by molar-refractivity contribution is -0.154. The molecular weight excluding hydrogens is 476 g/mol. The Bertz CT molecular complexity index is 1130. The van der Waals surface area contributed by atoms with Crippen molar-refractivity contribution in [3.8, 4) is 5.75 Å². The van der Waals surface area contributed by atoms with Crippen LogP contribution in [0.25, 0.3) is 0 Å². The smallest absolute Gasteiger partial charge is 0.332 e. The van der Waals surface area contributed by atoms with Gasteiger partial charge in [-0.05, 0) is 51.1 Å². The van der Waals surface area contributed by atoms with E-state index in [4.69, 9.17) is 9.47 Å². The molecule has 4 atom stereocenters. The van der Waals surface area contributed by atoms with E-state index in [0.717, 1.165) is 15.6 Å². The summed E-state index contributed by atoms with van der Waals surface area (Å²) in [5, 5.41) is 0. The molecule has 0 radical (unpaired) electrons. The van der Waals surface area contributed by atoms with Crippen LogP contribution in [0.5, 0.6) is 5.75 Å². The first-order valence-electron chi connectivity index (χ1n) is 10.6. The Morgan fingerprint density at radius 3 is 2.62 bits per heavy atom. The summed E-state index contributed by atoms with van der Waals surface area (Å²) in [4.78, 5) is 43.6. The van der Waals surface area contributed by atoms with Crippen LogP contribution >= 0.6 is 15.9 Å². The maximum atomic E-state index is 13.9. The minimum absolute atomic E-state index is 0.190. The van der Waals surface area contributed by atoms with E-state index in [9.17, 15) is 14.4 Å². The summed E-state index contributed by atoms with van der Waals surface area (Å²) in [5.74, 6) is -1.49. The normalized spacial score (nSPS) is 28.2. The number of benzene rings is 2. The molecule has 3 amide bonds. The van der Waals surface area contributed by atoms with Crippen molar-refractivity contribution in [3.05, 3.63) is 58.1 Å². The van der Waals surface area contributed by atoms with Crippen molar-refractivity contribution in [1.82, 2.24) is 4.90 Å². The van der Waals surface area contributed by atoms with E-state index in [1.165, 1.54) is 4.90 Å². The minimum Gasteiger partial charge on any atom is -0.493 e. The summed E-state index contributed by atoms with van der Waals surface area (Å²) >= 11 is 3.50. The van der Waals surface area contributed by atoms with Gasteiger partial charge in [-0.2, -0.15) is 0 Å². The van der Waals surface area contributed by atoms with Gasteiger partial charge >= 0.3 is 12.0 Å². The van der Waals surface area contributed by atoms with Crippen molar-refractivity contribution in [2.24, 2.45) is 11.8 Å². The number of urea groups is 1. The maximum absolute atomic E-state index is 13.9. The summed E-state index contributed by atoms with van der Waals surface area (Å²) in [5.41, 5.74) is 0.909. The molecule has 7 nitrogen and oxygen atoms in total. The first-order chi connectivity index (χ1) is 15.3. The number of aryl methyl sites for hydroxylation is 1. The fourth-order valence-electron chi connectivity index (χ4n) is 5.39. The zero-order valence-electron chi connectivity index (χ0n) is 18.0. The average Bonchev–Trinajstić information content (AvgIpc) is 3.14. The number of anilines is 1. The largest absolute Gasteiger partial charge is 0.493 e. The molecule has 0 aromatic heterocycles. The van der Waals surface area contributed by atoms with E-state index in [2.05, 4.69) is 15.9 Å². The molecule has 8 heteroatoms. The van der Waals surface area contributed by atoms with Gasteiger partial charge in [-0.3, -0.25) is 9.59 Å². The van der Waals surface area contributed by atoms with E-state index in [0.29, 0.717) is 11.4 Å².